The number of phenols is 2. The van der Waals surface area contributed by atoms with Gasteiger partial charge in [0.05, 0.1) is 37.0 Å². The van der Waals surface area contributed by atoms with E-state index in [2.05, 4.69) is 0 Å². The van der Waals surface area contributed by atoms with Gasteiger partial charge in [-0.15, -0.1) is 0 Å². The molecule has 0 saturated carbocycles. The summed E-state index contributed by atoms with van der Waals surface area (Å²) in [6.07, 6.45) is -8.10. The van der Waals surface area contributed by atoms with Crippen molar-refractivity contribution in [3.8, 4) is 23.0 Å². The van der Waals surface area contributed by atoms with Gasteiger partial charge in [-0.3, -0.25) is 9.59 Å². The van der Waals surface area contributed by atoms with E-state index in [1.807, 2.05) is 0 Å². The van der Waals surface area contributed by atoms with Gasteiger partial charge in [0.15, 0.2) is 23.1 Å². The lowest BCUT2D eigenvalue weighted by atomic mass is 9.81. The Labute approximate surface area is 191 Å². The first kappa shape index (κ1) is 23.9. The van der Waals surface area contributed by atoms with Gasteiger partial charge in [0.2, 0.25) is 6.29 Å². The van der Waals surface area contributed by atoms with E-state index in [4.69, 9.17) is 14.2 Å². The third-order valence-electron chi connectivity index (χ3n) is 5.90. The van der Waals surface area contributed by atoms with E-state index < -0.39 is 72.5 Å². The van der Waals surface area contributed by atoms with Crippen molar-refractivity contribution in [2.75, 3.05) is 13.7 Å². The van der Waals surface area contributed by atoms with Gasteiger partial charge in [-0.1, -0.05) is 0 Å². The lowest BCUT2D eigenvalue weighted by molar-refractivity contribution is -0.277. The Bertz CT molecular complexity index is 1160. The number of methoxy groups -OCH3 is 1. The highest BCUT2D eigenvalue weighted by Crippen LogP contribution is 2.44. The van der Waals surface area contributed by atoms with Crippen LogP contribution in [0.4, 0.5) is 0 Å². The first-order valence-electron chi connectivity index (χ1n) is 10.1. The van der Waals surface area contributed by atoms with E-state index in [0.717, 1.165) is 12.1 Å². The van der Waals surface area contributed by atoms with Crippen LogP contribution >= 0.6 is 0 Å². The molecule has 34 heavy (non-hydrogen) atoms. The van der Waals surface area contributed by atoms with E-state index in [0.29, 0.717) is 0 Å². The number of fused-ring (bicyclic) bond motifs is 2. The second kappa shape index (κ2) is 8.83. The summed E-state index contributed by atoms with van der Waals surface area (Å²) in [5.74, 6) is -3.45. The zero-order valence-corrected chi connectivity index (χ0v) is 17.7. The lowest BCUT2D eigenvalue weighted by Gasteiger charge is -2.39. The molecule has 7 N–H and O–H groups in total. The molecule has 0 amide bonds. The second-order valence-corrected chi connectivity index (χ2v) is 7.80. The summed E-state index contributed by atoms with van der Waals surface area (Å²) in [4.78, 5) is 26.4. The van der Waals surface area contributed by atoms with E-state index in [1.165, 1.54) is 13.2 Å². The molecular weight excluding hydrogens is 456 g/mol. The predicted octanol–water partition coefficient (Wildman–Crippen LogP) is -1.45. The van der Waals surface area contributed by atoms with Gasteiger partial charge in [-0.05, 0) is 18.2 Å². The molecule has 0 radical (unpaired) electrons. The lowest BCUT2D eigenvalue weighted by Crippen LogP contribution is -2.60. The largest absolute Gasteiger partial charge is 0.504 e. The van der Waals surface area contributed by atoms with Crippen molar-refractivity contribution in [3.63, 3.8) is 0 Å². The Kier molecular flexibility index (Phi) is 6.20. The van der Waals surface area contributed by atoms with Crippen LogP contribution in [0, 0.1) is 0 Å². The van der Waals surface area contributed by atoms with Gasteiger partial charge in [-0.25, -0.2) is 0 Å². The first-order chi connectivity index (χ1) is 16.2. The molecule has 5 unspecified atom stereocenters. The molecule has 2 aromatic rings. The van der Waals surface area contributed by atoms with Crippen molar-refractivity contribution in [3.05, 3.63) is 46.0 Å². The summed E-state index contributed by atoms with van der Waals surface area (Å²) in [6.45, 7) is -1.45. The number of aliphatic hydroxyl groups is 5. The van der Waals surface area contributed by atoms with Gasteiger partial charge in [0.25, 0.3) is 0 Å². The van der Waals surface area contributed by atoms with Crippen LogP contribution in [0.5, 0.6) is 23.0 Å². The van der Waals surface area contributed by atoms with Crippen LogP contribution in [-0.4, -0.2) is 91.7 Å². The van der Waals surface area contributed by atoms with Crippen LogP contribution in [0.2, 0.25) is 0 Å². The van der Waals surface area contributed by atoms with Crippen LogP contribution in [-0.2, 0) is 11.3 Å². The maximum Gasteiger partial charge on any atom is 0.229 e. The minimum atomic E-state index is -1.79. The number of rotatable bonds is 5. The average Bonchev–Trinajstić information content (AvgIpc) is 2.83. The number of aliphatic hydroxyl groups excluding tert-OH is 5. The Morgan fingerprint density at radius 3 is 2.24 bits per heavy atom. The summed E-state index contributed by atoms with van der Waals surface area (Å²) >= 11 is 0. The van der Waals surface area contributed by atoms with Crippen molar-refractivity contribution < 1.29 is 59.5 Å². The molecule has 1 saturated heterocycles. The van der Waals surface area contributed by atoms with Crippen molar-refractivity contribution >= 4 is 11.6 Å². The summed E-state index contributed by atoms with van der Waals surface area (Å²) in [5, 5.41) is 69.6. The van der Waals surface area contributed by atoms with Crippen LogP contribution in [0.3, 0.4) is 0 Å². The molecule has 1 heterocycles. The smallest absolute Gasteiger partial charge is 0.229 e. The number of hydrogen-bond acceptors (Lipinski definition) is 12. The molecule has 2 aliphatic rings. The van der Waals surface area contributed by atoms with Gasteiger partial charge in [0, 0.05) is 11.1 Å². The number of ether oxygens (including phenoxy) is 3. The molecule has 12 heteroatoms. The molecule has 0 spiro atoms. The molecular formula is C22H22O12. The molecule has 5 atom stereocenters. The zero-order chi connectivity index (χ0) is 24.9. The van der Waals surface area contributed by atoms with Gasteiger partial charge < -0.3 is 50.0 Å². The molecule has 1 aliphatic heterocycles. The molecule has 2 aromatic carbocycles. The van der Waals surface area contributed by atoms with Crippen molar-refractivity contribution in [1.29, 1.82) is 0 Å². The topological polar surface area (TPSA) is 203 Å². The monoisotopic (exact) mass is 478 g/mol. The zero-order valence-electron chi connectivity index (χ0n) is 17.7. The maximum absolute atomic E-state index is 13.2. The minimum absolute atomic E-state index is 0.0918. The van der Waals surface area contributed by atoms with Crippen molar-refractivity contribution in [2.24, 2.45) is 0 Å². The van der Waals surface area contributed by atoms with Crippen LogP contribution in [0.1, 0.15) is 37.4 Å². The van der Waals surface area contributed by atoms with Crippen LogP contribution < -0.4 is 9.47 Å². The third kappa shape index (κ3) is 3.48. The van der Waals surface area contributed by atoms with Crippen LogP contribution in [0.25, 0.3) is 0 Å². The third-order valence-corrected chi connectivity index (χ3v) is 5.90. The predicted molar refractivity (Wildman–Crippen MR) is 110 cm³/mol. The Hall–Kier alpha value is -3.26. The highest BCUT2D eigenvalue weighted by Gasteiger charge is 2.45. The summed E-state index contributed by atoms with van der Waals surface area (Å²) in [5.41, 5.74) is -1.21. The summed E-state index contributed by atoms with van der Waals surface area (Å²) in [7, 11) is 1.19. The standard InChI is InChI=1S/C22H22O12/c1-32-21-9(5-23)11(33-22-20(31)19(30)18(29)12(6-24)34-22)4-8-14(21)15(26)7-2-3-10(25)17(28)13(7)16(8)27/h2-4,12,18-20,22-25,28-31H,5-6H2,1H3. The second-order valence-electron chi connectivity index (χ2n) is 7.80. The Balaban J connectivity index is 1.85. The molecule has 12 nitrogen and oxygen atoms in total. The van der Waals surface area contributed by atoms with E-state index >= 15 is 0 Å². The van der Waals surface area contributed by atoms with Gasteiger partial charge >= 0.3 is 0 Å². The minimum Gasteiger partial charge on any atom is -0.504 e. The van der Waals surface area contributed by atoms with E-state index in [9.17, 15) is 45.3 Å². The highest BCUT2D eigenvalue weighted by molar-refractivity contribution is 6.30. The number of benzene rings is 2. The molecule has 4 rings (SSSR count). The van der Waals surface area contributed by atoms with E-state index in [1.54, 1.807) is 0 Å². The molecule has 1 aliphatic carbocycles. The van der Waals surface area contributed by atoms with Crippen molar-refractivity contribution in [2.45, 2.75) is 37.3 Å². The number of aromatic hydroxyl groups is 2. The number of carbonyl (C=O) groups excluding carboxylic acids is 2. The van der Waals surface area contributed by atoms with Crippen LogP contribution in [0.15, 0.2) is 18.2 Å². The fraction of sp³-hybridized carbons (Fsp3) is 0.364. The molecule has 1 fully saturated rings. The molecule has 0 bridgehead atoms. The summed E-state index contributed by atoms with van der Waals surface area (Å²) < 4.78 is 16.2. The highest BCUT2D eigenvalue weighted by atomic mass is 16.7. The van der Waals surface area contributed by atoms with E-state index in [-0.39, 0.29) is 33.8 Å². The first-order valence-corrected chi connectivity index (χ1v) is 10.1. The van der Waals surface area contributed by atoms with Crippen molar-refractivity contribution in [1.82, 2.24) is 0 Å². The van der Waals surface area contributed by atoms with Gasteiger partial charge in [-0.2, -0.15) is 0 Å². The average molecular weight is 478 g/mol. The fourth-order valence-electron chi connectivity index (χ4n) is 4.12. The Morgan fingerprint density at radius 2 is 1.62 bits per heavy atom. The number of carbonyl (C=O) groups is 2. The number of ketones is 2. The summed E-state index contributed by atoms with van der Waals surface area (Å²) in [6, 6.07) is 3.29. The molecule has 0 aromatic heterocycles. The Morgan fingerprint density at radius 1 is 0.941 bits per heavy atom. The quantitative estimate of drug-likeness (QED) is 0.211. The molecule has 182 valence electrons. The fourth-order valence-corrected chi connectivity index (χ4v) is 4.12. The van der Waals surface area contributed by atoms with Gasteiger partial charge in [0.1, 0.15) is 35.9 Å². The number of hydrogen-bond donors (Lipinski definition) is 7. The SMILES string of the molecule is COc1c(CO)c(OC2OC(CO)C(O)C(O)C2O)cc2c1C(=O)c1ccc(O)c(O)c1C2=O. The normalized spacial score (nSPS) is 26.1. The number of phenolic OH excluding ortho intramolecular Hbond substituents is 2. The maximum atomic E-state index is 13.2.